The largest absolute Gasteiger partial charge is 0.481 e. The number of aryl methyl sites for hydroxylation is 2. The highest BCUT2D eigenvalue weighted by Gasteiger charge is 2.22. The quantitative estimate of drug-likeness (QED) is 0.379. The van der Waals surface area contributed by atoms with Crippen molar-refractivity contribution in [3.05, 3.63) is 106 Å². The molecule has 35 heavy (non-hydrogen) atoms. The summed E-state index contributed by atoms with van der Waals surface area (Å²) >= 11 is 11.2. The molecule has 1 aliphatic rings. The Kier molecular flexibility index (Phi) is 11.3. The third-order valence-electron chi connectivity index (χ3n) is 5.43. The minimum absolute atomic E-state index is 0.104. The van der Waals surface area contributed by atoms with Gasteiger partial charge in [0.1, 0.15) is 0 Å². The number of ether oxygens (including phenoxy) is 1. The van der Waals surface area contributed by atoms with Crippen LogP contribution in [-0.4, -0.2) is 34.1 Å². The Morgan fingerprint density at radius 3 is 2.60 bits per heavy atom. The van der Waals surface area contributed by atoms with E-state index >= 15 is 0 Å². The number of hydrogen-bond donors (Lipinski definition) is 1. The smallest absolute Gasteiger partial charge is 0.311 e. The molecule has 0 radical (unpaired) electrons. The van der Waals surface area contributed by atoms with Crippen LogP contribution in [0.2, 0.25) is 0 Å². The Morgan fingerprint density at radius 1 is 1.31 bits per heavy atom. The van der Waals surface area contributed by atoms with Crippen molar-refractivity contribution in [1.29, 1.82) is 0 Å². The van der Waals surface area contributed by atoms with Crippen molar-refractivity contribution in [3.8, 4) is 0 Å². The molecule has 0 saturated heterocycles. The molecule has 0 bridgehead atoms. The number of halogens is 2. The zero-order valence-corrected chi connectivity index (χ0v) is 22.1. The highest BCUT2D eigenvalue weighted by atomic mass is 35.5. The summed E-state index contributed by atoms with van der Waals surface area (Å²) in [6.45, 7) is 9.24. The molecule has 0 amide bonds. The van der Waals surface area contributed by atoms with Crippen LogP contribution in [0.4, 0.5) is 0 Å². The van der Waals surface area contributed by atoms with Gasteiger partial charge in [0, 0.05) is 19.2 Å². The molecule has 2 aromatic rings. The molecule has 1 aromatic heterocycles. The monoisotopic (exact) mass is 514 g/mol. The van der Waals surface area contributed by atoms with E-state index in [-0.39, 0.29) is 6.10 Å². The second-order valence-electron chi connectivity index (χ2n) is 8.08. The summed E-state index contributed by atoms with van der Waals surface area (Å²) in [6, 6.07) is 9.63. The highest BCUT2D eigenvalue weighted by molar-refractivity contribution is 6.43. The zero-order valence-electron chi connectivity index (χ0n) is 20.5. The van der Waals surface area contributed by atoms with E-state index in [1.165, 1.54) is 0 Å². The van der Waals surface area contributed by atoms with Crippen molar-refractivity contribution < 1.29 is 14.6 Å². The van der Waals surface area contributed by atoms with Gasteiger partial charge in [-0.15, -0.1) is 0 Å². The van der Waals surface area contributed by atoms with Gasteiger partial charge in [-0.1, -0.05) is 83.9 Å². The summed E-state index contributed by atoms with van der Waals surface area (Å²) in [5, 5.41) is 15.4. The lowest BCUT2D eigenvalue weighted by Crippen LogP contribution is -2.15. The number of carboxylic acid groups (broad SMARTS) is 1. The van der Waals surface area contributed by atoms with Crippen LogP contribution in [-0.2, 0) is 16.0 Å². The molecule has 2 unspecified atom stereocenters. The highest BCUT2D eigenvalue weighted by Crippen LogP contribution is 2.24. The first kappa shape index (κ1) is 28.4. The van der Waals surface area contributed by atoms with Gasteiger partial charge in [0.2, 0.25) is 0 Å². The summed E-state index contributed by atoms with van der Waals surface area (Å²) in [4.78, 5) is 11.8. The van der Waals surface area contributed by atoms with Gasteiger partial charge in [-0.3, -0.25) is 4.79 Å². The molecule has 0 fully saturated rings. The van der Waals surface area contributed by atoms with Gasteiger partial charge >= 0.3 is 5.97 Å². The van der Waals surface area contributed by atoms with Crippen LogP contribution in [0.3, 0.4) is 0 Å². The van der Waals surface area contributed by atoms with E-state index < -0.39 is 11.9 Å². The standard InChI is InChI=1S/C21H24N2O3.C7H8Cl2/c1-14-5-4-6-16(11-14)20(21(24)25)13-17-12-15(2)23(22-17)18-7-9-19(26-3)10-8-18;1-3-5-7(9)6(8)4-2/h4-9,11-12,19-20H,10,13H2,1-3H3,(H,24,25);3-5H,1H2,2H3/b;6-4+,7-5+. The van der Waals surface area contributed by atoms with Crippen LogP contribution in [0.5, 0.6) is 0 Å². The van der Waals surface area contributed by atoms with Gasteiger partial charge in [0.25, 0.3) is 0 Å². The molecular formula is C28H32Cl2N2O3. The van der Waals surface area contributed by atoms with Crippen LogP contribution in [0.1, 0.15) is 41.8 Å². The van der Waals surface area contributed by atoms with E-state index in [1.54, 1.807) is 25.3 Å². The predicted octanol–water partition coefficient (Wildman–Crippen LogP) is 7.16. The van der Waals surface area contributed by atoms with Crippen molar-refractivity contribution in [2.24, 2.45) is 0 Å². The van der Waals surface area contributed by atoms with Crippen LogP contribution in [0.25, 0.3) is 5.70 Å². The van der Waals surface area contributed by atoms with Gasteiger partial charge in [-0.25, -0.2) is 4.68 Å². The first-order chi connectivity index (χ1) is 16.7. The first-order valence-electron chi connectivity index (χ1n) is 11.3. The van der Waals surface area contributed by atoms with Crippen molar-refractivity contribution in [3.63, 3.8) is 0 Å². The minimum Gasteiger partial charge on any atom is -0.481 e. The van der Waals surface area contributed by atoms with Crippen molar-refractivity contribution in [1.82, 2.24) is 9.78 Å². The van der Waals surface area contributed by atoms with E-state index in [0.29, 0.717) is 16.5 Å². The average molecular weight is 515 g/mol. The van der Waals surface area contributed by atoms with Crippen molar-refractivity contribution >= 4 is 34.9 Å². The number of carbonyl (C=O) groups is 1. The summed E-state index contributed by atoms with van der Waals surface area (Å²) in [7, 11) is 1.70. The number of hydrogen-bond acceptors (Lipinski definition) is 3. The third-order valence-corrected chi connectivity index (χ3v) is 6.28. The number of nitrogens with zero attached hydrogens (tertiary/aromatic N) is 2. The van der Waals surface area contributed by atoms with Crippen LogP contribution < -0.4 is 0 Å². The fraction of sp³-hybridized carbons (Fsp3) is 0.286. The van der Waals surface area contributed by atoms with Crippen molar-refractivity contribution in [2.45, 2.75) is 45.6 Å². The van der Waals surface area contributed by atoms with Crippen LogP contribution >= 0.6 is 23.2 Å². The molecule has 1 N–H and O–H groups in total. The number of carboxylic acids is 1. The number of benzene rings is 1. The van der Waals surface area contributed by atoms with Gasteiger partial charge in [-0.05, 0) is 51.0 Å². The molecule has 0 spiro atoms. The average Bonchev–Trinajstić information content (AvgIpc) is 3.22. The van der Waals surface area contributed by atoms with Crippen LogP contribution in [0.15, 0.2) is 83.4 Å². The Morgan fingerprint density at radius 2 is 2.06 bits per heavy atom. The van der Waals surface area contributed by atoms with E-state index in [2.05, 4.69) is 17.8 Å². The fourth-order valence-corrected chi connectivity index (χ4v) is 3.85. The Balaban J connectivity index is 0.000000410. The van der Waals surface area contributed by atoms with Crippen molar-refractivity contribution in [2.75, 3.05) is 7.11 Å². The lowest BCUT2D eigenvalue weighted by atomic mass is 9.93. The summed E-state index contributed by atoms with van der Waals surface area (Å²) < 4.78 is 7.19. The van der Waals surface area contributed by atoms with Crippen LogP contribution in [0, 0.1) is 13.8 Å². The maximum absolute atomic E-state index is 11.8. The number of aliphatic carboxylic acids is 1. The molecule has 186 valence electrons. The molecule has 0 aliphatic heterocycles. The summed E-state index contributed by atoms with van der Waals surface area (Å²) in [5.41, 5.74) is 4.62. The third kappa shape index (κ3) is 8.39. The second kappa shape index (κ2) is 13.9. The van der Waals surface area contributed by atoms with E-state index in [9.17, 15) is 9.90 Å². The van der Waals surface area contributed by atoms with Gasteiger partial charge in [0.15, 0.2) is 0 Å². The van der Waals surface area contributed by atoms with E-state index in [1.807, 2.05) is 67.9 Å². The maximum atomic E-state index is 11.8. The summed E-state index contributed by atoms with van der Waals surface area (Å²) in [5.74, 6) is -1.44. The molecular weight excluding hydrogens is 483 g/mol. The molecule has 0 saturated carbocycles. The number of rotatable bonds is 8. The lowest BCUT2D eigenvalue weighted by Gasteiger charge is -2.15. The lowest BCUT2D eigenvalue weighted by molar-refractivity contribution is -0.138. The molecule has 1 aromatic carbocycles. The molecule has 7 heteroatoms. The van der Waals surface area contributed by atoms with Gasteiger partial charge < -0.3 is 9.84 Å². The maximum Gasteiger partial charge on any atom is 0.311 e. The topological polar surface area (TPSA) is 64.4 Å². The van der Waals surface area contributed by atoms with Gasteiger partial charge in [-0.2, -0.15) is 5.10 Å². The fourth-order valence-electron chi connectivity index (χ4n) is 3.59. The Hall–Kier alpha value is -2.86. The van der Waals surface area contributed by atoms with E-state index in [0.717, 1.165) is 34.6 Å². The van der Waals surface area contributed by atoms with E-state index in [4.69, 9.17) is 27.9 Å². The predicted molar refractivity (Wildman–Crippen MR) is 145 cm³/mol. The number of methoxy groups -OCH3 is 1. The molecule has 1 heterocycles. The Labute approximate surface area is 217 Å². The number of aromatic nitrogens is 2. The normalized spacial score (nSPS) is 16.7. The number of allylic oxidation sites excluding steroid dienone is 7. The first-order valence-corrected chi connectivity index (χ1v) is 12.0. The molecule has 1 aliphatic carbocycles. The molecule has 3 rings (SSSR count). The summed E-state index contributed by atoms with van der Waals surface area (Å²) in [6.07, 6.45) is 12.3. The zero-order chi connectivity index (χ0) is 26.0. The molecule has 5 nitrogen and oxygen atoms in total. The SMILES string of the molecule is C=C/C=C(Cl)\C(Cl)=C/C.COC1C=CC(n2nc(CC(C(=O)O)c3cccc(C)c3)cc2C)=CC1. The van der Waals surface area contributed by atoms with Gasteiger partial charge in [0.05, 0.1) is 33.5 Å². The Bertz CT molecular complexity index is 1160. The molecule has 2 atom stereocenters. The second-order valence-corrected chi connectivity index (χ2v) is 8.90. The minimum atomic E-state index is -0.831.